The van der Waals surface area contributed by atoms with E-state index in [0.717, 1.165) is 25.5 Å². The largest absolute Gasteiger partial charge is 0.334 e. The van der Waals surface area contributed by atoms with E-state index in [4.69, 9.17) is 11.6 Å². The Bertz CT molecular complexity index is 601. The van der Waals surface area contributed by atoms with Crippen LogP contribution in [0.2, 0.25) is 5.02 Å². The molecule has 21 heavy (non-hydrogen) atoms. The summed E-state index contributed by atoms with van der Waals surface area (Å²) < 4.78 is 25.0. The van der Waals surface area contributed by atoms with Gasteiger partial charge < -0.3 is 4.90 Å². The Morgan fingerprint density at radius 2 is 2.00 bits per heavy atom. The van der Waals surface area contributed by atoms with Crippen molar-refractivity contribution in [3.8, 4) is 0 Å². The summed E-state index contributed by atoms with van der Waals surface area (Å²) in [6.45, 7) is 0.912. The summed E-state index contributed by atoms with van der Waals surface area (Å²) in [5.74, 6) is -0.0772. The Kier molecular flexibility index (Phi) is 5.24. The van der Waals surface area contributed by atoms with E-state index in [0.29, 0.717) is 17.1 Å². The summed E-state index contributed by atoms with van der Waals surface area (Å²) in [5.41, 5.74) is 0.575. The highest BCUT2D eigenvalue weighted by atomic mass is 35.5. The molecule has 1 atom stereocenters. The van der Waals surface area contributed by atoms with Crippen LogP contribution >= 0.6 is 11.6 Å². The Hall–Kier alpha value is -1.11. The molecule has 1 heterocycles. The van der Waals surface area contributed by atoms with Crippen LogP contribution in [0.15, 0.2) is 24.3 Å². The summed E-state index contributed by atoms with van der Waals surface area (Å²) in [5, 5.41) is 0.584. The van der Waals surface area contributed by atoms with Gasteiger partial charge in [-0.2, -0.15) is 0 Å². The van der Waals surface area contributed by atoms with E-state index in [-0.39, 0.29) is 18.5 Å². The highest BCUT2D eigenvalue weighted by Gasteiger charge is 2.27. The number of hydrogen-bond donors (Lipinski definition) is 1. The van der Waals surface area contributed by atoms with Crippen LogP contribution in [0.1, 0.15) is 29.6 Å². The Morgan fingerprint density at radius 1 is 1.33 bits per heavy atom. The fourth-order valence-electron chi connectivity index (χ4n) is 2.49. The monoisotopic (exact) mass is 330 g/mol. The number of halogens is 1. The van der Waals surface area contributed by atoms with Crippen LogP contribution in [-0.2, 0) is 10.0 Å². The quantitative estimate of drug-likeness (QED) is 0.916. The van der Waals surface area contributed by atoms with Crippen LogP contribution in [-0.4, -0.2) is 44.6 Å². The molecular formula is C14H19ClN2O3S. The highest BCUT2D eigenvalue weighted by molar-refractivity contribution is 7.88. The third-order valence-corrected chi connectivity index (χ3v) is 4.50. The second-order valence-electron chi connectivity index (χ2n) is 5.28. The van der Waals surface area contributed by atoms with E-state index in [9.17, 15) is 13.2 Å². The van der Waals surface area contributed by atoms with Crippen molar-refractivity contribution in [3.63, 3.8) is 0 Å². The molecular weight excluding hydrogens is 312 g/mol. The maximum absolute atomic E-state index is 12.6. The number of sulfonamides is 1. The third kappa shape index (κ3) is 4.69. The van der Waals surface area contributed by atoms with E-state index in [2.05, 4.69) is 4.72 Å². The lowest BCUT2D eigenvalue weighted by Crippen LogP contribution is -2.49. The number of hydrogen-bond acceptors (Lipinski definition) is 3. The van der Waals surface area contributed by atoms with E-state index >= 15 is 0 Å². The molecule has 0 bridgehead atoms. The Balaban J connectivity index is 2.10. The standard InChI is InChI=1S/C14H19ClN2O3S/c1-21(19,20)16-10-13-4-2-3-9-17(13)14(18)11-5-7-12(15)8-6-11/h5-8,13,16H,2-4,9-10H2,1H3/t13-/m0/s1. The van der Waals surface area contributed by atoms with Crippen molar-refractivity contribution >= 4 is 27.5 Å². The van der Waals surface area contributed by atoms with Crippen molar-refractivity contribution in [1.29, 1.82) is 0 Å². The number of amides is 1. The molecule has 5 nitrogen and oxygen atoms in total. The summed E-state index contributed by atoms with van der Waals surface area (Å²) >= 11 is 5.83. The van der Waals surface area contributed by atoms with Crippen molar-refractivity contribution in [2.75, 3.05) is 19.3 Å². The van der Waals surface area contributed by atoms with E-state index < -0.39 is 10.0 Å². The van der Waals surface area contributed by atoms with Gasteiger partial charge >= 0.3 is 0 Å². The number of nitrogens with one attached hydrogen (secondary N) is 1. The Labute approximate surface area is 130 Å². The first kappa shape index (κ1) is 16.3. The molecule has 2 rings (SSSR count). The minimum Gasteiger partial charge on any atom is -0.334 e. The zero-order valence-electron chi connectivity index (χ0n) is 11.9. The van der Waals surface area contributed by atoms with Crippen molar-refractivity contribution in [3.05, 3.63) is 34.9 Å². The predicted molar refractivity (Wildman–Crippen MR) is 83.0 cm³/mol. The van der Waals surface area contributed by atoms with Crippen molar-refractivity contribution in [2.24, 2.45) is 0 Å². The van der Waals surface area contributed by atoms with Crippen molar-refractivity contribution in [1.82, 2.24) is 9.62 Å². The first-order valence-corrected chi connectivity index (χ1v) is 9.15. The molecule has 7 heteroatoms. The average Bonchev–Trinajstić information content (AvgIpc) is 2.45. The lowest BCUT2D eigenvalue weighted by molar-refractivity contribution is 0.0619. The zero-order valence-corrected chi connectivity index (χ0v) is 13.5. The number of carbonyl (C=O) groups is 1. The van der Waals surface area contributed by atoms with Gasteiger partial charge in [0.15, 0.2) is 0 Å². The average molecular weight is 331 g/mol. The lowest BCUT2D eigenvalue weighted by Gasteiger charge is -2.35. The first-order valence-electron chi connectivity index (χ1n) is 6.88. The van der Waals surface area contributed by atoms with Gasteiger partial charge in [0.05, 0.1) is 6.26 Å². The second kappa shape index (κ2) is 6.77. The number of likely N-dealkylation sites (tertiary alicyclic amines) is 1. The van der Waals surface area contributed by atoms with E-state index in [1.165, 1.54) is 0 Å². The summed E-state index contributed by atoms with van der Waals surface area (Å²) in [7, 11) is -3.25. The number of benzene rings is 1. The fourth-order valence-corrected chi connectivity index (χ4v) is 3.11. The van der Waals surface area contributed by atoms with E-state index in [1.54, 1.807) is 29.2 Å². The summed E-state index contributed by atoms with van der Waals surface area (Å²) in [6.07, 6.45) is 3.87. The maximum atomic E-state index is 12.6. The van der Waals surface area contributed by atoms with Crippen LogP contribution in [0.3, 0.4) is 0 Å². The van der Waals surface area contributed by atoms with Crippen molar-refractivity contribution in [2.45, 2.75) is 25.3 Å². The van der Waals surface area contributed by atoms with Crippen molar-refractivity contribution < 1.29 is 13.2 Å². The molecule has 1 fully saturated rings. The molecule has 0 spiro atoms. The molecule has 1 aromatic carbocycles. The summed E-state index contributed by atoms with van der Waals surface area (Å²) in [4.78, 5) is 14.3. The van der Waals surface area contributed by atoms with Gasteiger partial charge in [-0.15, -0.1) is 0 Å². The fraction of sp³-hybridized carbons (Fsp3) is 0.500. The molecule has 0 saturated carbocycles. The SMILES string of the molecule is CS(=O)(=O)NC[C@@H]1CCCCN1C(=O)c1ccc(Cl)cc1. The van der Waals surface area contributed by atoms with Gasteiger partial charge in [-0.1, -0.05) is 11.6 Å². The Morgan fingerprint density at radius 3 is 2.62 bits per heavy atom. The minimum absolute atomic E-state index is 0.0772. The van der Waals surface area contributed by atoms with Crippen LogP contribution in [0, 0.1) is 0 Å². The molecule has 116 valence electrons. The topological polar surface area (TPSA) is 66.5 Å². The first-order chi connectivity index (χ1) is 9.87. The summed E-state index contributed by atoms with van der Waals surface area (Å²) in [6, 6.07) is 6.66. The number of rotatable bonds is 4. The van der Waals surface area contributed by atoms with E-state index in [1.807, 2.05) is 0 Å². The molecule has 1 aliphatic heterocycles. The van der Waals surface area contributed by atoms with Gasteiger partial charge in [0.25, 0.3) is 5.91 Å². The smallest absolute Gasteiger partial charge is 0.254 e. The highest BCUT2D eigenvalue weighted by Crippen LogP contribution is 2.20. The maximum Gasteiger partial charge on any atom is 0.254 e. The second-order valence-corrected chi connectivity index (χ2v) is 7.55. The molecule has 0 aliphatic carbocycles. The van der Waals surface area contributed by atoms with Gasteiger partial charge in [0.1, 0.15) is 0 Å². The van der Waals surface area contributed by atoms with Crippen LogP contribution < -0.4 is 4.72 Å². The molecule has 1 saturated heterocycles. The minimum atomic E-state index is -3.25. The molecule has 1 aliphatic rings. The van der Waals surface area contributed by atoms with Crippen LogP contribution in [0.4, 0.5) is 0 Å². The van der Waals surface area contributed by atoms with Gasteiger partial charge in [0, 0.05) is 29.7 Å². The van der Waals surface area contributed by atoms with Crippen LogP contribution in [0.5, 0.6) is 0 Å². The van der Waals surface area contributed by atoms with Crippen LogP contribution in [0.25, 0.3) is 0 Å². The number of carbonyl (C=O) groups excluding carboxylic acids is 1. The lowest BCUT2D eigenvalue weighted by atomic mass is 10.0. The molecule has 0 aromatic heterocycles. The predicted octanol–water partition coefficient (Wildman–Crippen LogP) is 1.88. The van der Waals surface area contributed by atoms with Gasteiger partial charge in [0.2, 0.25) is 10.0 Å². The number of piperidine rings is 1. The normalized spacial score (nSPS) is 19.5. The van der Waals surface area contributed by atoms with Gasteiger partial charge in [-0.3, -0.25) is 4.79 Å². The molecule has 1 aromatic rings. The van der Waals surface area contributed by atoms with Gasteiger partial charge in [-0.25, -0.2) is 13.1 Å². The zero-order chi connectivity index (χ0) is 15.5. The van der Waals surface area contributed by atoms with Gasteiger partial charge in [-0.05, 0) is 43.5 Å². The molecule has 0 radical (unpaired) electrons. The molecule has 0 unspecified atom stereocenters. The molecule has 1 N–H and O–H groups in total. The number of nitrogens with zero attached hydrogens (tertiary/aromatic N) is 1. The third-order valence-electron chi connectivity index (χ3n) is 3.56. The molecule has 1 amide bonds.